The Balaban J connectivity index is 1.47. The van der Waals surface area contributed by atoms with E-state index in [9.17, 15) is 9.90 Å². The predicted molar refractivity (Wildman–Crippen MR) is 77.2 cm³/mol. The number of benzene rings is 1. The molecule has 2 saturated heterocycles. The van der Waals surface area contributed by atoms with Gasteiger partial charge >= 0.3 is 0 Å². The summed E-state index contributed by atoms with van der Waals surface area (Å²) in [6.45, 7) is 0.658. The number of nitrogens with one attached hydrogen (secondary N) is 1. The molecule has 2 N–H and O–H groups in total. The highest BCUT2D eigenvalue weighted by Crippen LogP contribution is 2.27. The molecule has 2 fully saturated rings. The van der Waals surface area contributed by atoms with E-state index in [1.54, 1.807) is 0 Å². The summed E-state index contributed by atoms with van der Waals surface area (Å²) in [6, 6.07) is 7.29. The number of halogens is 1. The molecule has 2 aliphatic heterocycles. The molecule has 21 heavy (non-hydrogen) atoms. The van der Waals surface area contributed by atoms with Crippen molar-refractivity contribution in [2.75, 3.05) is 13.2 Å². The maximum Gasteiger partial charge on any atom is 0.220 e. The maximum absolute atomic E-state index is 12.0. The minimum Gasteiger partial charge on any atom is -0.388 e. The van der Waals surface area contributed by atoms with Crippen molar-refractivity contribution in [1.82, 2.24) is 5.32 Å². The molecular weight excluding hydrogens is 294 g/mol. The molecule has 2 heterocycles. The summed E-state index contributed by atoms with van der Waals surface area (Å²) in [5.41, 5.74) is 1.07. The number of aryl methyl sites for hydroxylation is 1. The molecule has 0 spiro atoms. The molecule has 2 aliphatic rings. The van der Waals surface area contributed by atoms with E-state index in [0.717, 1.165) is 5.56 Å². The molecule has 5 nitrogen and oxygen atoms in total. The van der Waals surface area contributed by atoms with E-state index in [-0.39, 0.29) is 30.8 Å². The van der Waals surface area contributed by atoms with Crippen LogP contribution in [0.25, 0.3) is 0 Å². The number of ether oxygens (including phenoxy) is 2. The normalized spacial score (nSPS) is 31.1. The predicted octanol–water partition coefficient (Wildman–Crippen LogP) is 0.916. The Morgan fingerprint density at radius 3 is 2.71 bits per heavy atom. The Bertz CT molecular complexity index is 507. The lowest BCUT2D eigenvalue weighted by molar-refractivity contribution is -0.122. The lowest BCUT2D eigenvalue weighted by atomic mass is 10.1. The summed E-state index contributed by atoms with van der Waals surface area (Å²) in [7, 11) is 0. The summed E-state index contributed by atoms with van der Waals surface area (Å²) < 4.78 is 10.9. The van der Waals surface area contributed by atoms with Crippen LogP contribution in [-0.4, -0.2) is 48.6 Å². The van der Waals surface area contributed by atoms with E-state index >= 15 is 0 Å². The van der Waals surface area contributed by atoms with Crippen LogP contribution in [0.3, 0.4) is 0 Å². The van der Waals surface area contributed by atoms with Gasteiger partial charge in [-0.15, -0.1) is 0 Å². The molecule has 0 aliphatic carbocycles. The molecule has 114 valence electrons. The molecule has 1 aromatic carbocycles. The van der Waals surface area contributed by atoms with E-state index in [0.29, 0.717) is 24.5 Å². The fourth-order valence-electron chi connectivity index (χ4n) is 2.79. The van der Waals surface area contributed by atoms with Crippen molar-refractivity contribution in [2.24, 2.45) is 0 Å². The minimum absolute atomic E-state index is 0.0378. The van der Waals surface area contributed by atoms with Gasteiger partial charge in [-0.3, -0.25) is 4.79 Å². The summed E-state index contributed by atoms with van der Waals surface area (Å²) in [5, 5.41) is 13.3. The van der Waals surface area contributed by atoms with Gasteiger partial charge in [-0.1, -0.05) is 23.7 Å². The van der Waals surface area contributed by atoms with Crippen molar-refractivity contribution in [1.29, 1.82) is 0 Å². The quantitative estimate of drug-likeness (QED) is 0.867. The molecule has 0 bridgehead atoms. The highest BCUT2D eigenvalue weighted by molar-refractivity contribution is 6.30. The summed E-state index contributed by atoms with van der Waals surface area (Å²) in [4.78, 5) is 12.0. The Morgan fingerprint density at radius 2 is 1.95 bits per heavy atom. The van der Waals surface area contributed by atoms with Gasteiger partial charge in [-0.25, -0.2) is 0 Å². The van der Waals surface area contributed by atoms with Crippen molar-refractivity contribution >= 4 is 17.5 Å². The van der Waals surface area contributed by atoms with Crippen molar-refractivity contribution < 1.29 is 19.4 Å². The third kappa shape index (κ3) is 3.37. The van der Waals surface area contributed by atoms with Crippen LogP contribution < -0.4 is 5.32 Å². The van der Waals surface area contributed by atoms with Crippen molar-refractivity contribution in [3.63, 3.8) is 0 Å². The number of hydrogen-bond donors (Lipinski definition) is 2. The van der Waals surface area contributed by atoms with E-state index in [1.165, 1.54) is 0 Å². The second kappa shape index (κ2) is 6.32. The zero-order valence-electron chi connectivity index (χ0n) is 11.5. The Morgan fingerprint density at radius 1 is 1.24 bits per heavy atom. The standard InChI is InChI=1S/C15H18ClNO4/c16-10-4-1-9(2-5-10)3-6-13(19)17-11-7-20-15-12(18)8-21-14(11)15/h1-2,4-5,11-12,14-15,18H,3,6-8H2,(H,17,19)/t11-,12-,14+,15+/m0/s1. The Kier molecular flexibility index (Phi) is 4.45. The van der Waals surface area contributed by atoms with E-state index in [2.05, 4.69) is 5.32 Å². The van der Waals surface area contributed by atoms with Gasteiger partial charge in [0.1, 0.15) is 18.3 Å². The first-order valence-electron chi connectivity index (χ1n) is 7.08. The van der Waals surface area contributed by atoms with Gasteiger partial charge in [0.2, 0.25) is 5.91 Å². The largest absolute Gasteiger partial charge is 0.388 e. The highest BCUT2D eigenvalue weighted by atomic mass is 35.5. The number of hydrogen-bond acceptors (Lipinski definition) is 4. The van der Waals surface area contributed by atoms with Gasteiger partial charge < -0.3 is 19.9 Å². The van der Waals surface area contributed by atoms with Crippen molar-refractivity contribution in [3.8, 4) is 0 Å². The van der Waals surface area contributed by atoms with Crippen LogP contribution in [0.1, 0.15) is 12.0 Å². The molecule has 0 unspecified atom stereocenters. The van der Waals surface area contributed by atoms with Gasteiger partial charge in [-0.2, -0.15) is 0 Å². The van der Waals surface area contributed by atoms with Crippen LogP contribution in [0.15, 0.2) is 24.3 Å². The van der Waals surface area contributed by atoms with Gasteiger partial charge in [0.25, 0.3) is 0 Å². The number of carbonyl (C=O) groups is 1. The summed E-state index contributed by atoms with van der Waals surface area (Å²) in [5.74, 6) is -0.0378. The average molecular weight is 312 g/mol. The number of carbonyl (C=O) groups excluding carboxylic acids is 1. The van der Waals surface area contributed by atoms with Gasteiger partial charge in [-0.05, 0) is 24.1 Å². The second-order valence-electron chi connectivity index (χ2n) is 5.46. The van der Waals surface area contributed by atoms with Gasteiger partial charge in [0.05, 0.1) is 19.3 Å². The average Bonchev–Trinajstić information content (AvgIpc) is 3.03. The third-order valence-electron chi connectivity index (χ3n) is 3.93. The zero-order chi connectivity index (χ0) is 14.8. The van der Waals surface area contributed by atoms with Crippen LogP contribution in [-0.2, 0) is 20.7 Å². The van der Waals surface area contributed by atoms with Gasteiger partial charge in [0.15, 0.2) is 0 Å². The number of aliphatic hydroxyl groups excluding tert-OH is 1. The lowest BCUT2D eigenvalue weighted by Gasteiger charge is -2.17. The topological polar surface area (TPSA) is 67.8 Å². The first-order valence-corrected chi connectivity index (χ1v) is 7.46. The van der Waals surface area contributed by atoms with Crippen LogP contribution in [0.4, 0.5) is 0 Å². The Labute approximate surface area is 128 Å². The molecule has 6 heteroatoms. The highest BCUT2D eigenvalue weighted by Gasteiger charge is 2.47. The van der Waals surface area contributed by atoms with Crippen LogP contribution in [0.2, 0.25) is 5.02 Å². The summed E-state index contributed by atoms with van der Waals surface area (Å²) in [6.07, 6.45) is -0.0799. The number of amides is 1. The molecule has 4 atom stereocenters. The first-order chi connectivity index (χ1) is 10.1. The smallest absolute Gasteiger partial charge is 0.220 e. The Hall–Kier alpha value is -1.14. The second-order valence-corrected chi connectivity index (χ2v) is 5.90. The molecular formula is C15H18ClNO4. The van der Waals surface area contributed by atoms with Crippen LogP contribution in [0, 0.1) is 0 Å². The monoisotopic (exact) mass is 311 g/mol. The molecule has 0 aromatic heterocycles. The van der Waals surface area contributed by atoms with E-state index in [1.807, 2.05) is 24.3 Å². The number of rotatable bonds is 4. The third-order valence-corrected chi connectivity index (χ3v) is 4.18. The van der Waals surface area contributed by atoms with Gasteiger partial charge in [0, 0.05) is 11.4 Å². The number of fused-ring (bicyclic) bond motifs is 1. The molecule has 3 rings (SSSR count). The summed E-state index contributed by atoms with van der Waals surface area (Å²) >= 11 is 5.82. The molecule has 0 radical (unpaired) electrons. The minimum atomic E-state index is -0.592. The zero-order valence-corrected chi connectivity index (χ0v) is 12.3. The molecule has 0 saturated carbocycles. The maximum atomic E-state index is 12.0. The van der Waals surface area contributed by atoms with E-state index < -0.39 is 6.10 Å². The van der Waals surface area contributed by atoms with Crippen molar-refractivity contribution in [2.45, 2.75) is 37.2 Å². The molecule has 1 aromatic rings. The van der Waals surface area contributed by atoms with Crippen LogP contribution in [0.5, 0.6) is 0 Å². The SMILES string of the molecule is O=C(CCc1ccc(Cl)cc1)N[C@H]1CO[C@H]2[C@@H]1OC[C@@H]2O. The fourth-order valence-corrected chi connectivity index (χ4v) is 2.92. The van der Waals surface area contributed by atoms with E-state index in [4.69, 9.17) is 21.1 Å². The fraction of sp³-hybridized carbons (Fsp3) is 0.533. The van der Waals surface area contributed by atoms with Crippen LogP contribution >= 0.6 is 11.6 Å². The first kappa shape index (κ1) is 14.8. The lowest BCUT2D eigenvalue weighted by Crippen LogP contribution is -2.44. The molecule has 1 amide bonds. The van der Waals surface area contributed by atoms with Crippen molar-refractivity contribution in [3.05, 3.63) is 34.9 Å². The number of aliphatic hydroxyl groups is 1.